The molecule has 0 radical (unpaired) electrons. The van der Waals surface area contributed by atoms with E-state index in [0.29, 0.717) is 33.7 Å². The summed E-state index contributed by atoms with van der Waals surface area (Å²) in [5.74, 6) is 0.637. The SMILES string of the molecule is CCOc1cc(/C=C2\N=C(c3ccccc3C)OC2=O)cc(Cl)c1OCc1cccc(Cl)c1. The van der Waals surface area contributed by atoms with E-state index in [1.165, 1.54) is 0 Å². The second-order valence-electron chi connectivity index (χ2n) is 7.33. The summed E-state index contributed by atoms with van der Waals surface area (Å²) < 4.78 is 17.1. The summed E-state index contributed by atoms with van der Waals surface area (Å²) in [5, 5.41) is 0.979. The molecule has 0 fully saturated rings. The van der Waals surface area contributed by atoms with Gasteiger partial charge in [-0.15, -0.1) is 0 Å². The lowest BCUT2D eigenvalue weighted by atomic mass is 10.1. The van der Waals surface area contributed by atoms with Crippen LogP contribution >= 0.6 is 23.2 Å². The van der Waals surface area contributed by atoms with Crippen LogP contribution in [0.25, 0.3) is 6.08 Å². The van der Waals surface area contributed by atoms with Crippen LogP contribution in [0.1, 0.15) is 29.2 Å². The predicted octanol–water partition coefficient (Wildman–Crippen LogP) is 6.62. The van der Waals surface area contributed by atoms with Crippen molar-refractivity contribution in [3.8, 4) is 11.5 Å². The number of carbonyl (C=O) groups excluding carboxylic acids is 1. The number of rotatable bonds is 7. The van der Waals surface area contributed by atoms with Gasteiger partial charge in [-0.25, -0.2) is 9.79 Å². The zero-order valence-corrected chi connectivity index (χ0v) is 19.6. The first kappa shape index (κ1) is 22.9. The van der Waals surface area contributed by atoms with Crippen LogP contribution in [0.3, 0.4) is 0 Å². The molecule has 0 bridgehead atoms. The van der Waals surface area contributed by atoms with Gasteiger partial charge in [-0.3, -0.25) is 0 Å². The van der Waals surface area contributed by atoms with E-state index in [0.717, 1.165) is 16.7 Å². The Balaban J connectivity index is 1.62. The fourth-order valence-corrected chi connectivity index (χ4v) is 3.84. The summed E-state index contributed by atoms with van der Waals surface area (Å²) in [6.45, 7) is 4.50. The molecule has 0 atom stereocenters. The van der Waals surface area contributed by atoms with E-state index < -0.39 is 5.97 Å². The van der Waals surface area contributed by atoms with Crippen molar-refractivity contribution >= 4 is 41.1 Å². The molecule has 0 aromatic heterocycles. The van der Waals surface area contributed by atoms with Gasteiger partial charge in [0.1, 0.15) is 6.61 Å². The molecule has 0 amide bonds. The van der Waals surface area contributed by atoms with E-state index in [2.05, 4.69) is 4.99 Å². The molecule has 1 heterocycles. The number of nitrogens with zero attached hydrogens (tertiary/aromatic N) is 1. The van der Waals surface area contributed by atoms with Crippen molar-refractivity contribution in [1.29, 1.82) is 0 Å². The molecule has 4 rings (SSSR count). The second kappa shape index (κ2) is 10.1. The summed E-state index contributed by atoms with van der Waals surface area (Å²) in [6, 6.07) is 18.4. The first-order valence-electron chi connectivity index (χ1n) is 10.4. The van der Waals surface area contributed by atoms with Gasteiger partial charge < -0.3 is 14.2 Å². The van der Waals surface area contributed by atoms with Crippen LogP contribution in [0.4, 0.5) is 0 Å². The number of hydrogen-bond donors (Lipinski definition) is 0. The molecule has 7 heteroatoms. The molecule has 0 spiro atoms. The van der Waals surface area contributed by atoms with Crippen molar-refractivity contribution in [3.05, 3.63) is 98.7 Å². The highest BCUT2D eigenvalue weighted by molar-refractivity contribution is 6.32. The Morgan fingerprint density at radius 3 is 2.61 bits per heavy atom. The van der Waals surface area contributed by atoms with Crippen molar-refractivity contribution in [2.75, 3.05) is 6.61 Å². The highest BCUT2D eigenvalue weighted by Gasteiger charge is 2.25. The molecule has 0 unspecified atom stereocenters. The van der Waals surface area contributed by atoms with E-state index >= 15 is 0 Å². The molecule has 1 aliphatic rings. The van der Waals surface area contributed by atoms with E-state index in [-0.39, 0.29) is 18.2 Å². The molecule has 3 aromatic carbocycles. The lowest BCUT2D eigenvalue weighted by Gasteiger charge is -2.14. The van der Waals surface area contributed by atoms with Crippen LogP contribution in [-0.4, -0.2) is 18.5 Å². The summed E-state index contributed by atoms with van der Waals surface area (Å²) in [6.07, 6.45) is 1.61. The number of ether oxygens (including phenoxy) is 3. The Hall–Kier alpha value is -3.28. The number of hydrogen-bond acceptors (Lipinski definition) is 5. The summed E-state index contributed by atoms with van der Waals surface area (Å²) in [4.78, 5) is 16.8. The van der Waals surface area contributed by atoms with Crippen molar-refractivity contribution in [2.45, 2.75) is 20.5 Å². The van der Waals surface area contributed by atoms with Crippen LogP contribution in [0, 0.1) is 6.92 Å². The topological polar surface area (TPSA) is 57.1 Å². The lowest BCUT2D eigenvalue weighted by Crippen LogP contribution is -2.06. The van der Waals surface area contributed by atoms with Crippen LogP contribution < -0.4 is 9.47 Å². The first-order chi connectivity index (χ1) is 15.9. The minimum Gasteiger partial charge on any atom is -0.490 e. The quantitative estimate of drug-likeness (QED) is 0.280. The van der Waals surface area contributed by atoms with Gasteiger partial charge in [0.2, 0.25) is 5.90 Å². The molecule has 5 nitrogen and oxygen atoms in total. The molecule has 1 aliphatic heterocycles. The normalized spacial score (nSPS) is 14.2. The van der Waals surface area contributed by atoms with Crippen LogP contribution in [0.15, 0.2) is 71.4 Å². The second-order valence-corrected chi connectivity index (χ2v) is 8.18. The zero-order chi connectivity index (χ0) is 23.4. The number of cyclic esters (lactones) is 1. The van der Waals surface area contributed by atoms with Crippen molar-refractivity contribution < 1.29 is 19.0 Å². The molecular formula is C26H21Cl2NO4. The maximum Gasteiger partial charge on any atom is 0.363 e. The van der Waals surface area contributed by atoms with Gasteiger partial charge in [0.25, 0.3) is 0 Å². The molecule has 3 aromatic rings. The van der Waals surface area contributed by atoms with Gasteiger partial charge in [-0.05, 0) is 66.9 Å². The third-order valence-electron chi connectivity index (χ3n) is 4.90. The number of esters is 1. The monoisotopic (exact) mass is 481 g/mol. The largest absolute Gasteiger partial charge is 0.490 e. The van der Waals surface area contributed by atoms with Crippen molar-refractivity contribution in [1.82, 2.24) is 0 Å². The predicted molar refractivity (Wildman–Crippen MR) is 130 cm³/mol. The Kier molecular flexibility index (Phi) is 7.02. The van der Waals surface area contributed by atoms with E-state index in [9.17, 15) is 4.79 Å². The minimum absolute atomic E-state index is 0.180. The van der Waals surface area contributed by atoms with Crippen molar-refractivity contribution in [3.63, 3.8) is 0 Å². The summed E-state index contributed by atoms with van der Waals surface area (Å²) in [5.41, 5.74) is 3.46. The fraction of sp³-hybridized carbons (Fsp3) is 0.154. The smallest absolute Gasteiger partial charge is 0.363 e. The molecule has 0 N–H and O–H groups in total. The lowest BCUT2D eigenvalue weighted by molar-refractivity contribution is -0.129. The van der Waals surface area contributed by atoms with Gasteiger partial charge in [0.15, 0.2) is 17.2 Å². The molecular weight excluding hydrogens is 461 g/mol. The standard InChI is InChI=1S/C26H21Cl2NO4/c1-3-31-23-14-18(12-21(28)24(23)32-15-17-8-6-9-19(27)11-17)13-22-26(30)33-25(29-22)20-10-5-4-7-16(20)2/h4-14H,3,15H2,1-2H3/b22-13-. The Bertz CT molecular complexity index is 1270. The first-order valence-corrected chi connectivity index (χ1v) is 11.1. The Morgan fingerprint density at radius 2 is 1.85 bits per heavy atom. The minimum atomic E-state index is -0.524. The highest BCUT2D eigenvalue weighted by Crippen LogP contribution is 2.38. The third-order valence-corrected chi connectivity index (χ3v) is 5.42. The number of carbonyl (C=O) groups is 1. The Labute approximate surface area is 202 Å². The van der Waals surface area contributed by atoms with Crippen LogP contribution in [0.5, 0.6) is 11.5 Å². The molecule has 168 valence electrons. The molecule has 0 aliphatic carbocycles. The number of halogens is 2. The van der Waals surface area contributed by atoms with E-state index in [4.69, 9.17) is 37.4 Å². The Morgan fingerprint density at radius 1 is 1.03 bits per heavy atom. The maximum absolute atomic E-state index is 12.4. The molecule has 0 saturated heterocycles. The zero-order valence-electron chi connectivity index (χ0n) is 18.1. The van der Waals surface area contributed by atoms with E-state index in [1.54, 1.807) is 24.3 Å². The maximum atomic E-state index is 12.4. The van der Waals surface area contributed by atoms with Crippen LogP contribution in [0.2, 0.25) is 10.0 Å². The number of benzene rings is 3. The number of aryl methyl sites for hydroxylation is 1. The van der Waals surface area contributed by atoms with Gasteiger partial charge in [-0.2, -0.15) is 0 Å². The molecule has 0 saturated carbocycles. The van der Waals surface area contributed by atoms with Gasteiger partial charge in [0.05, 0.1) is 11.6 Å². The van der Waals surface area contributed by atoms with Crippen LogP contribution in [-0.2, 0) is 16.1 Å². The average molecular weight is 482 g/mol. The van der Waals surface area contributed by atoms with Gasteiger partial charge in [-0.1, -0.05) is 53.5 Å². The number of aliphatic imine (C=N–C) groups is 1. The average Bonchev–Trinajstić information content (AvgIpc) is 3.13. The highest BCUT2D eigenvalue weighted by atomic mass is 35.5. The van der Waals surface area contributed by atoms with E-state index in [1.807, 2.05) is 56.3 Å². The summed E-state index contributed by atoms with van der Waals surface area (Å²) in [7, 11) is 0. The molecule has 33 heavy (non-hydrogen) atoms. The summed E-state index contributed by atoms with van der Waals surface area (Å²) >= 11 is 12.6. The third kappa shape index (κ3) is 5.38. The van der Waals surface area contributed by atoms with Crippen molar-refractivity contribution in [2.24, 2.45) is 4.99 Å². The van der Waals surface area contributed by atoms with Gasteiger partial charge >= 0.3 is 5.97 Å². The fourth-order valence-electron chi connectivity index (χ4n) is 3.35. The van der Waals surface area contributed by atoms with Gasteiger partial charge in [0, 0.05) is 10.6 Å².